The van der Waals surface area contributed by atoms with Crippen molar-refractivity contribution < 1.29 is 4.79 Å². The van der Waals surface area contributed by atoms with Crippen LogP contribution in [0.2, 0.25) is 0 Å². The predicted octanol–water partition coefficient (Wildman–Crippen LogP) is 4.01. The first-order valence-corrected chi connectivity index (χ1v) is 8.04. The van der Waals surface area contributed by atoms with Crippen LogP contribution in [0.25, 0.3) is 11.1 Å². The Kier molecular flexibility index (Phi) is 4.68. The number of hydrogen-bond donors (Lipinski definition) is 2. The molecule has 0 radical (unpaired) electrons. The highest BCUT2D eigenvalue weighted by Crippen LogP contribution is 2.38. The van der Waals surface area contributed by atoms with E-state index in [-0.39, 0.29) is 11.9 Å². The van der Waals surface area contributed by atoms with E-state index in [2.05, 4.69) is 36.5 Å². The van der Waals surface area contributed by atoms with E-state index in [1.807, 2.05) is 20.8 Å². The summed E-state index contributed by atoms with van der Waals surface area (Å²) >= 11 is 1.47. The van der Waals surface area contributed by atoms with Crippen molar-refractivity contribution in [1.82, 2.24) is 5.32 Å². The lowest BCUT2D eigenvalue weighted by molar-refractivity contribution is 0.0945. The van der Waals surface area contributed by atoms with Gasteiger partial charge in [-0.05, 0) is 38.3 Å². The van der Waals surface area contributed by atoms with Crippen molar-refractivity contribution in [1.29, 1.82) is 0 Å². The van der Waals surface area contributed by atoms with Crippen LogP contribution in [0.15, 0.2) is 24.3 Å². The van der Waals surface area contributed by atoms with Gasteiger partial charge in [0.2, 0.25) is 0 Å². The molecule has 2 rings (SSSR count). The normalized spacial score (nSPS) is 10.9. The van der Waals surface area contributed by atoms with E-state index in [0.29, 0.717) is 10.6 Å². The molecule has 1 aromatic heterocycles. The molecule has 0 aliphatic heterocycles. The summed E-state index contributed by atoms with van der Waals surface area (Å²) in [5, 5.41) is 3.52. The molecule has 21 heavy (non-hydrogen) atoms. The van der Waals surface area contributed by atoms with E-state index in [1.165, 1.54) is 16.9 Å². The van der Waals surface area contributed by atoms with Crippen molar-refractivity contribution in [3.05, 3.63) is 40.3 Å². The van der Waals surface area contributed by atoms with Gasteiger partial charge in [0.15, 0.2) is 0 Å². The number of amides is 1. The van der Waals surface area contributed by atoms with Crippen molar-refractivity contribution in [3.8, 4) is 11.1 Å². The molecule has 0 fully saturated rings. The number of aryl methyl sites for hydroxylation is 2. The van der Waals surface area contributed by atoms with Gasteiger partial charge < -0.3 is 11.1 Å². The molecule has 3 N–H and O–H groups in total. The number of rotatable bonds is 4. The summed E-state index contributed by atoms with van der Waals surface area (Å²) in [6.07, 6.45) is 1.01. The van der Waals surface area contributed by atoms with Gasteiger partial charge in [-0.3, -0.25) is 4.79 Å². The van der Waals surface area contributed by atoms with Crippen LogP contribution in [0.5, 0.6) is 0 Å². The van der Waals surface area contributed by atoms with E-state index in [1.54, 1.807) is 0 Å². The van der Waals surface area contributed by atoms with Crippen molar-refractivity contribution in [2.75, 3.05) is 5.73 Å². The number of thiophene rings is 1. The van der Waals surface area contributed by atoms with Crippen molar-refractivity contribution >= 4 is 22.2 Å². The third-order valence-corrected chi connectivity index (χ3v) is 4.34. The van der Waals surface area contributed by atoms with Gasteiger partial charge in [0.25, 0.3) is 5.91 Å². The number of carbonyl (C=O) groups excluding carboxylic acids is 1. The highest BCUT2D eigenvalue weighted by Gasteiger charge is 2.22. The van der Waals surface area contributed by atoms with Crippen molar-refractivity contribution in [3.63, 3.8) is 0 Å². The number of carbonyl (C=O) groups is 1. The minimum absolute atomic E-state index is 0.0902. The van der Waals surface area contributed by atoms with Gasteiger partial charge in [0, 0.05) is 16.5 Å². The molecule has 0 saturated carbocycles. The van der Waals surface area contributed by atoms with Crippen LogP contribution in [0, 0.1) is 6.92 Å². The summed E-state index contributed by atoms with van der Waals surface area (Å²) < 4.78 is 0. The molecule has 0 spiro atoms. The summed E-state index contributed by atoms with van der Waals surface area (Å²) in [4.78, 5) is 13.5. The topological polar surface area (TPSA) is 55.1 Å². The van der Waals surface area contributed by atoms with Gasteiger partial charge in [-0.2, -0.15) is 0 Å². The zero-order chi connectivity index (χ0) is 15.6. The average Bonchev–Trinajstić information content (AvgIpc) is 2.73. The molecule has 0 aliphatic carbocycles. The summed E-state index contributed by atoms with van der Waals surface area (Å²) in [7, 11) is 0. The molecule has 0 unspecified atom stereocenters. The van der Waals surface area contributed by atoms with Gasteiger partial charge in [-0.15, -0.1) is 11.3 Å². The van der Waals surface area contributed by atoms with Gasteiger partial charge >= 0.3 is 0 Å². The Morgan fingerprint density at radius 2 is 1.90 bits per heavy atom. The largest absolute Gasteiger partial charge is 0.390 e. The minimum Gasteiger partial charge on any atom is -0.390 e. The standard InChI is InChI=1S/C17H22N2OS/c1-5-12-6-8-13(9-7-12)14-11(4)21-16(18)15(14)17(20)19-10(2)3/h6-10H,5,18H2,1-4H3,(H,19,20). The maximum Gasteiger partial charge on any atom is 0.255 e. The monoisotopic (exact) mass is 302 g/mol. The molecule has 1 amide bonds. The molecule has 0 atom stereocenters. The van der Waals surface area contributed by atoms with E-state index in [4.69, 9.17) is 5.73 Å². The third-order valence-electron chi connectivity index (χ3n) is 3.41. The fraction of sp³-hybridized carbons (Fsp3) is 0.353. The van der Waals surface area contributed by atoms with E-state index in [9.17, 15) is 4.79 Å². The number of benzene rings is 1. The Labute approximate surface area is 130 Å². The predicted molar refractivity (Wildman–Crippen MR) is 90.9 cm³/mol. The van der Waals surface area contributed by atoms with Crippen LogP contribution in [-0.2, 0) is 6.42 Å². The minimum atomic E-state index is -0.0959. The Balaban J connectivity index is 2.49. The second kappa shape index (κ2) is 6.31. The average molecular weight is 302 g/mol. The fourth-order valence-electron chi connectivity index (χ4n) is 2.38. The Morgan fingerprint density at radius 3 is 2.43 bits per heavy atom. The van der Waals surface area contributed by atoms with Gasteiger partial charge in [0.1, 0.15) is 0 Å². The first-order valence-electron chi connectivity index (χ1n) is 7.23. The molecule has 0 bridgehead atoms. The molecule has 0 saturated heterocycles. The smallest absolute Gasteiger partial charge is 0.255 e. The van der Waals surface area contributed by atoms with Crippen molar-refractivity contribution in [2.45, 2.75) is 40.2 Å². The fourth-order valence-corrected chi connectivity index (χ4v) is 3.33. The lowest BCUT2D eigenvalue weighted by atomic mass is 9.99. The van der Waals surface area contributed by atoms with Crippen LogP contribution >= 0.6 is 11.3 Å². The van der Waals surface area contributed by atoms with Gasteiger partial charge in [0.05, 0.1) is 10.6 Å². The molecular weight excluding hydrogens is 280 g/mol. The Morgan fingerprint density at radius 1 is 1.29 bits per heavy atom. The van der Waals surface area contributed by atoms with E-state index < -0.39 is 0 Å². The number of nitrogens with one attached hydrogen (secondary N) is 1. The molecular formula is C17H22N2OS. The molecule has 112 valence electrons. The van der Waals surface area contributed by atoms with Crippen LogP contribution in [0.4, 0.5) is 5.00 Å². The van der Waals surface area contributed by atoms with Gasteiger partial charge in [-0.25, -0.2) is 0 Å². The first-order chi connectivity index (χ1) is 9.93. The number of hydrogen-bond acceptors (Lipinski definition) is 3. The maximum atomic E-state index is 12.4. The summed E-state index contributed by atoms with van der Waals surface area (Å²) in [5.74, 6) is -0.0959. The van der Waals surface area contributed by atoms with Crippen molar-refractivity contribution in [2.24, 2.45) is 0 Å². The SMILES string of the molecule is CCc1ccc(-c2c(C)sc(N)c2C(=O)NC(C)C)cc1. The number of anilines is 1. The van der Waals surface area contributed by atoms with Crippen LogP contribution < -0.4 is 11.1 Å². The van der Waals surface area contributed by atoms with Crippen LogP contribution in [0.1, 0.15) is 41.6 Å². The first kappa shape index (κ1) is 15.6. The zero-order valence-electron chi connectivity index (χ0n) is 13.0. The summed E-state index contributed by atoms with van der Waals surface area (Å²) in [6.45, 7) is 8.03. The summed E-state index contributed by atoms with van der Waals surface area (Å²) in [6, 6.07) is 8.44. The highest BCUT2D eigenvalue weighted by molar-refractivity contribution is 7.16. The van der Waals surface area contributed by atoms with Crippen LogP contribution in [-0.4, -0.2) is 11.9 Å². The molecule has 4 heteroatoms. The Bertz CT molecular complexity index is 642. The zero-order valence-corrected chi connectivity index (χ0v) is 13.8. The molecule has 1 heterocycles. The molecule has 3 nitrogen and oxygen atoms in total. The summed E-state index contributed by atoms with van der Waals surface area (Å²) in [5.41, 5.74) is 9.97. The van der Waals surface area contributed by atoms with Gasteiger partial charge in [-0.1, -0.05) is 31.2 Å². The third kappa shape index (κ3) is 3.27. The van der Waals surface area contributed by atoms with E-state index in [0.717, 1.165) is 22.4 Å². The quantitative estimate of drug-likeness (QED) is 0.896. The number of nitrogens with two attached hydrogens (primary N) is 1. The second-order valence-corrected chi connectivity index (χ2v) is 6.71. The molecule has 0 aliphatic rings. The molecule has 1 aromatic carbocycles. The Hall–Kier alpha value is -1.81. The number of nitrogen functional groups attached to an aromatic ring is 1. The van der Waals surface area contributed by atoms with E-state index >= 15 is 0 Å². The lowest BCUT2D eigenvalue weighted by Crippen LogP contribution is -2.30. The molecule has 2 aromatic rings. The maximum absolute atomic E-state index is 12.4. The van der Waals surface area contributed by atoms with Crippen LogP contribution in [0.3, 0.4) is 0 Å². The second-order valence-electron chi connectivity index (χ2n) is 5.45. The lowest BCUT2D eigenvalue weighted by Gasteiger charge is -2.11. The highest BCUT2D eigenvalue weighted by atomic mass is 32.1.